The molecule has 4 nitrogen and oxygen atoms in total. The zero-order chi connectivity index (χ0) is 14.4. The molecule has 0 unspecified atom stereocenters. The lowest BCUT2D eigenvalue weighted by Crippen LogP contribution is -2.42. The fourth-order valence-corrected chi connectivity index (χ4v) is 2.54. The van der Waals surface area contributed by atoms with Gasteiger partial charge in [-0.2, -0.15) is 0 Å². The third kappa shape index (κ3) is 4.53. The minimum Gasteiger partial charge on any atom is -0.347 e. The molecule has 0 bridgehead atoms. The minimum atomic E-state index is -0.155. The third-order valence-electron chi connectivity index (χ3n) is 3.40. The van der Waals surface area contributed by atoms with E-state index in [2.05, 4.69) is 5.32 Å². The highest BCUT2D eigenvalue weighted by atomic mass is 35.5. The van der Waals surface area contributed by atoms with Gasteiger partial charge < -0.3 is 10.2 Å². The van der Waals surface area contributed by atoms with Crippen LogP contribution in [0.5, 0.6) is 0 Å². The molecule has 1 aromatic rings. The van der Waals surface area contributed by atoms with Crippen LogP contribution in [0.1, 0.15) is 24.8 Å². The highest BCUT2D eigenvalue weighted by Gasteiger charge is 2.16. The lowest BCUT2D eigenvalue weighted by Gasteiger charge is -2.26. The van der Waals surface area contributed by atoms with Crippen molar-refractivity contribution in [1.29, 1.82) is 0 Å². The van der Waals surface area contributed by atoms with Crippen LogP contribution in [0.2, 0.25) is 5.02 Å². The summed E-state index contributed by atoms with van der Waals surface area (Å²) in [6, 6.07) is 7.18. The largest absolute Gasteiger partial charge is 0.347 e. The number of carbonyl (C=O) groups is 2. The first kappa shape index (κ1) is 14.9. The van der Waals surface area contributed by atoms with Crippen molar-refractivity contribution in [3.05, 3.63) is 34.9 Å². The molecule has 1 aliphatic heterocycles. The Morgan fingerprint density at radius 1 is 1.20 bits per heavy atom. The number of hydrogen-bond donors (Lipinski definition) is 1. The summed E-state index contributed by atoms with van der Waals surface area (Å²) < 4.78 is 0. The van der Waals surface area contributed by atoms with E-state index in [9.17, 15) is 9.59 Å². The molecule has 108 valence electrons. The molecule has 0 aliphatic carbocycles. The summed E-state index contributed by atoms with van der Waals surface area (Å²) in [4.78, 5) is 25.5. The van der Waals surface area contributed by atoms with Gasteiger partial charge in [-0.15, -0.1) is 0 Å². The lowest BCUT2D eigenvalue weighted by atomic mass is 10.1. The maximum atomic E-state index is 11.9. The molecule has 5 heteroatoms. The maximum absolute atomic E-state index is 11.9. The smallest absolute Gasteiger partial charge is 0.241 e. The average Bonchev–Trinajstić information content (AvgIpc) is 2.46. The van der Waals surface area contributed by atoms with E-state index in [1.165, 1.54) is 6.42 Å². The van der Waals surface area contributed by atoms with E-state index in [1.54, 1.807) is 12.1 Å². The Balaban J connectivity index is 1.75. The number of benzene rings is 1. The molecule has 1 aromatic carbocycles. The fraction of sp³-hybridized carbons (Fsp3) is 0.467. The number of nitrogens with zero attached hydrogens (tertiary/aromatic N) is 1. The van der Waals surface area contributed by atoms with Crippen LogP contribution in [0.4, 0.5) is 0 Å². The first-order valence-electron chi connectivity index (χ1n) is 6.94. The van der Waals surface area contributed by atoms with E-state index in [1.807, 2.05) is 17.0 Å². The highest BCUT2D eigenvalue weighted by Crippen LogP contribution is 2.11. The van der Waals surface area contributed by atoms with Crippen molar-refractivity contribution >= 4 is 23.4 Å². The van der Waals surface area contributed by atoms with Crippen LogP contribution in [-0.2, 0) is 16.0 Å². The standard InChI is InChI=1S/C15H19ClN2O2/c16-13-6-4-5-12(9-13)10-14(19)17-11-15(20)18-7-2-1-3-8-18/h4-6,9H,1-3,7-8,10-11H2,(H,17,19). The summed E-state index contributed by atoms with van der Waals surface area (Å²) in [5.41, 5.74) is 0.848. The van der Waals surface area contributed by atoms with Gasteiger partial charge in [-0.3, -0.25) is 9.59 Å². The number of hydrogen-bond acceptors (Lipinski definition) is 2. The van der Waals surface area contributed by atoms with Crippen molar-refractivity contribution < 1.29 is 9.59 Å². The summed E-state index contributed by atoms with van der Waals surface area (Å²) >= 11 is 5.86. The SMILES string of the molecule is O=C(Cc1cccc(Cl)c1)NCC(=O)N1CCCCC1. The van der Waals surface area contributed by atoms with Crippen molar-refractivity contribution in [3.8, 4) is 0 Å². The predicted octanol–water partition coefficient (Wildman–Crippen LogP) is 2.01. The van der Waals surface area contributed by atoms with E-state index < -0.39 is 0 Å². The number of likely N-dealkylation sites (tertiary alicyclic amines) is 1. The number of halogens is 1. The van der Waals surface area contributed by atoms with Crippen molar-refractivity contribution in [1.82, 2.24) is 10.2 Å². The molecular formula is C15H19ClN2O2. The van der Waals surface area contributed by atoms with E-state index in [0.29, 0.717) is 5.02 Å². The molecule has 0 saturated carbocycles. The summed E-state index contributed by atoms with van der Waals surface area (Å²) in [5.74, 6) is -0.151. The first-order chi connectivity index (χ1) is 9.65. The van der Waals surface area contributed by atoms with Gasteiger partial charge in [0.2, 0.25) is 11.8 Å². The second kappa shape index (κ2) is 7.29. The summed E-state index contributed by atoms with van der Waals surface area (Å²) in [5, 5.41) is 3.29. The Morgan fingerprint density at radius 3 is 2.65 bits per heavy atom. The Bertz CT molecular complexity index is 485. The second-order valence-electron chi connectivity index (χ2n) is 5.02. The normalized spacial score (nSPS) is 14.9. The molecule has 0 radical (unpaired) electrons. The molecule has 0 aromatic heterocycles. The fourth-order valence-electron chi connectivity index (χ4n) is 2.32. The highest BCUT2D eigenvalue weighted by molar-refractivity contribution is 6.30. The van der Waals surface area contributed by atoms with Crippen LogP contribution in [-0.4, -0.2) is 36.3 Å². The van der Waals surface area contributed by atoms with Crippen LogP contribution >= 0.6 is 11.6 Å². The van der Waals surface area contributed by atoms with Gasteiger partial charge in [0.05, 0.1) is 13.0 Å². The van der Waals surface area contributed by atoms with Crippen LogP contribution in [0.15, 0.2) is 24.3 Å². The van der Waals surface area contributed by atoms with Crippen LogP contribution in [0.25, 0.3) is 0 Å². The van der Waals surface area contributed by atoms with Gasteiger partial charge >= 0.3 is 0 Å². The Morgan fingerprint density at radius 2 is 1.95 bits per heavy atom. The zero-order valence-corrected chi connectivity index (χ0v) is 12.2. The van der Waals surface area contributed by atoms with Crippen molar-refractivity contribution in [2.75, 3.05) is 19.6 Å². The molecule has 1 fully saturated rings. The lowest BCUT2D eigenvalue weighted by molar-refractivity contribution is -0.133. The van der Waals surface area contributed by atoms with Crippen LogP contribution in [0.3, 0.4) is 0 Å². The van der Waals surface area contributed by atoms with Crippen molar-refractivity contribution in [3.63, 3.8) is 0 Å². The quantitative estimate of drug-likeness (QED) is 0.923. The molecule has 20 heavy (non-hydrogen) atoms. The van der Waals surface area contributed by atoms with E-state index in [-0.39, 0.29) is 24.8 Å². The number of amides is 2. The molecule has 2 rings (SSSR count). The van der Waals surface area contributed by atoms with Crippen LogP contribution < -0.4 is 5.32 Å². The predicted molar refractivity (Wildman–Crippen MR) is 78.6 cm³/mol. The molecule has 1 heterocycles. The Kier molecular flexibility index (Phi) is 5.41. The molecule has 2 amide bonds. The number of piperidine rings is 1. The monoisotopic (exact) mass is 294 g/mol. The van der Waals surface area contributed by atoms with E-state index in [0.717, 1.165) is 31.5 Å². The third-order valence-corrected chi connectivity index (χ3v) is 3.63. The zero-order valence-electron chi connectivity index (χ0n) is 11.4. The van der Waals surface area contributed by atoms with Gasteiger partial charge in [0.25, 0.3) is 0 Å². The summed E-state index contributed by atoms with van der Waals surface area (Å²) in [6.45, 7) is 1.70. The van der Waals surface area contributed by atoms with Gasteiger partial charge in [-0.05, 0) is 37.0 Å². The van der Waals surface area contributed by atoms with Gasteiger partial charge in [0, 0.05) is 18.1 Å². The number of rotatable bonds is 4. The summed E-state index contributed by atoms with van der Waals surface area (Å²) in [6.07, 6.45) is 3.54. The Labute approximate surface area is 124 Å². The molecular weight excluding hydrogens is 276 g/mol. The molecule has 1 N–H and O–H groups in total. The minimum absolute atomic E-state index is 0.00384. The van der Waals surface area contributed by atoms with Gasteiger partial charge in [-0.25, -0.2) is 0 Å². The second-order valence-corrected chi connectivity index (χ2v) is 5.46. The van der Waals surface area contributed by atoms with E-state index >= 15 is 0 Å². The van der Waals surface area contributed by atoms with Crippen LogP contribution in [0, 0.1) is 0 Å². The molecule has 0 spiro atoms. The van der Waals surface area contributed by atoms with Gasteiger partial charge in [0.1, 0.15) is 0 Å². The summed E-state index contributed by atoms with van der Waals surface area (Å²) in [7, 11) is 0. The Hall–Kier alpha value is -1.55. The van der Waals surface area contributed by atoms with E-state index in [4.69, 9.17) is 11.6 Å². The van der Waals surface area contributed by atoms with Crippen molar-refractivity contribution in [2.45, 2.75) is 25.7 Å². The van der Waals surface area contributed by atoms with Gasteiger partial charge in [-0.1, -0.05) is 23.7 Å². The van der Waals surface area contributed by atoms with Crippen molar-refractivity contribution in [2.24, 2.45) is 0 Å². The molecule has 0 atom stereocenters. The number of nitrogens with one attached hydrogen (secondary N) is 1. The molecule has 1 aliphatic rings. The topological polar surface area (TPSA) is 49.4 Å². The average molecular weight is 295 g/mol. The number of carbonyl (C=O) groups excluding carboxylic acids is 2. The molecule has 1 saturated heterocycles. The maximum Gasteiger partial charge on any atom is 0.241 e. The van der Waals surface area contributed by atoms with Gasteiger partial charge in [0.15, 0.2) is 0 Å². The first-order valence-corrected chi connectivity index (χ1v) is 7.32.